The Morgan fingerprint density at radius 2 is 1.87 bits per heavy atom. The molecular formula is C28H41NO. The first-order chi connectivity index (χ1) is 14.1. The minimum atomic E-state index is -0.00710. The van der Waals surface area contributed by atoms with Crippen LogP contribution in [-0.4, -0.2) is 28.3 Å². The molecular weight excluding hydrogens is 366 g/mol. The Bertz CT molecular complexity index is 854. The van der Waals surface area contributed by atoms with Crippen LogP contribution in [0, 0.1) is 23.2 Å². The third-order valence-corrected chi connectivity index (χ3v) is 10.1. The van der Waals surface area contributed by atoms with Crippen molar-refractivity contribution >= 4 is 5.78 Å². The summed E-state index contributed by atoms with van der Waals surface area (Å²) in [7, 11) is 0. The van der Waals surface area contributed by atoms with Gasteiger partial charge in [-0.3, -0.25) is 9.69 Å². The second-order valence-electron chi connectivity index (χ2n) is 12.1. The molecule has 0 amide bonds. The van der Waals surface area contributed by atoms with E-state index in [2.05, 4.69) is 64.6 Å². The lowest BCUT2D eigenvalue weighted by Crippen LogP contribution is -2.71. The highest BCUT2D eigenvalue weighted by Gasteiger charge is 2.55. The van der Waals surface area contributed by atoms with Gasteiger partial charge in [-0.15, -0.1) is 0 Å². The monoisotopic (exact) mass is 407 g/mol. The highest BCUT2D eigenvalue weighted by atomic mass is 16.1. The second-order valence-corrected chi connectivity index (χ2v) is 12.1. The molecule has 0 bridgehead atoms. The van der Waals surface area contributed by atoms with Crippen molar-refractivity contribution in [3.05, 3.63) is 34.9 Å². The zero-order valence-corrected chi connectivity index (χ0v) is 20.0. The average molecular weight is 408 g/mol. The van der Waals surface area contributed by atoms with Crippen LogP contribution < -0.4 is 0 Å². The number of aryl methyl sites for hydroxylation is 1. The summed E-state index contributed by atoms with van der Waals surface area (Å²) in [5, 5.41) is 0. The Balaban J connectivity index is 1.35. The summed E-state index contributed by atoms with van der Waals surface area (Å²) in [5.74, 6) is 3.35. The lowest BCUT2D eigenvalue weighted by atomic mass is 9.55. The number of Topliss-reactive ketones (excluding diaryl/α,β-unsaturated/α-hetero) is 1. The molecule has 3 fully saturated rings. The standard InChI is InChI=1S/C28H41NO/c1-17(2)29-18(3)25(27(29,4)5)16-19-7-9-21-20(15-19)8-10-23-22(21)13-14-28(6)24(23)11-12-26(28)30/h7,9,15,17-18,22-25H,8,10-14,16H2,1-6H3/t18?,22-,23-,24+,25?,28+/m1/s1. The number of nitrogens with zero attached hydrogens (tertiary/aromatic N) is 1. The summed E-state index contributed by atoms with van der Waals surface area (Å²) >= 11 is 0. The molecule has 6 atom stereocenters. The van der Waals surface area contributed by atoms with Crippen molar-refractivity contribution in [2.24, 2.45) is 23.2 Å². The predicted molar refractivity (Wildman–Crippen MR) is 124 cm³/mol. The van der Waals surface area contributed by atoms with Crippen molar-refractivity contribution in [1.29, 1.82) is 0 Å². The van der Waals surface area contributed by atoms with Gasteiger partial charge in [-0.25, -0.2) is 0 Å². The van der Waals surface area contributed by atoms with Gasteiger partial charge in [0.25, 0.3) is 0 Å². The van der Waals surface area contributed by atoms with Gasteiger partial charge in [0, 0.05) is 29.5 Å². The van der Waals surface area contributed by atoms with E-state index in [-0.39, 0.29) is 11.0 Å². The Morgan fingerprint density at radius 1 is 1.10 bits per heavy atom. The highest BCUT2D eigenvalue weighted by Crippen LogP contribution is 2.59. The molecule has 2 saturated carbocycles. The second kappa shape index (κ2) is 6.92. The van der Waals surface area contributed by atoms with Crippen LogP contribution in [0.25, 0.3) is 0 Å². The van der Waals surface area contributed by atoms with Gasteiger partial charge in [-0.1, -0.05) is 25.1 Å². The lowest BCUT2D eigenvalue weighted by Gasteiger charge is -2.63. The zero-order chi connectivity index (χ0) is 21.4. The number of carbonyl (C=O) groups is 1. The number of likely N-dealkylation sites (tertiary alicyclic amines) is 1. The molecule has 5 rings (SSSR count). The van der Waals surface area contributed by atoms with E-state index in [0.717, 1.165) is 31.1 Å². The van der Waals surface area contributed by atoms with Gasteiger partial charge in [0.15, 0.2) is 0 Å². The Kier molecular flexibility index (Phi) is 4.79. The largest absolute Gasteiger partial charge is 0.299 e. The first-order valence-electron chi connectivity index (χ1n) is 12.6. The molecule has 1 aliphatic heterocycles. The molecule has 2 heteroatoms. The van der Waals surface area contributed by atoms with E-state index in [1.807, 2.05) is 0 Å². The number of hydrogen-bond donors (Lipinski definition) is 0. The fourth-order valence-corrected chi connectivity index (χ4v) is 8.76. The molecule has 164 valence electrons. The maximum absolute atomic E-state index is 12.6. The van der Waals surface area contributed by atoms with E-state index < -0.39 is 0 Å². The number of fused-ring (bicyclic) bond motifs is 5. The first kappa shape index (κ1) is 20.7. The van der Waals surface area contributed by atoms with Crippen LogP contribution in [-0.2, 0) is 17.6 Å². The van der Waals surface area contributed by atoms with Crippen molar-refractivity contribution < 1.29 is 4.79 Å². The van der Waals surface area contributed by atoms with E-state index >= 15 is 0 Å². The topological polar surface area (TPSA) is 20.3 Å². The summed E-state index contributed by atoms with van der Waals surface area (Å²) in [6.45, 7) is 14.2. The fraction of sp³-hybridized carbons (Fsp3) is 0.750. The van der Waals surface area contributed by atoms with Crippen molar-refractivity contribution in [1.82, 2.24) is 4.90 Å². The van der Waals surface area contributed by atoms with Crippen LogP contribution in [0.5, 0.6) is 0 Å². The van der Waals surface area contributed by atoms with Gasteiger partial charge >= 0.3 is 0 Å². The summed E-state index contributed by atoms with van der Waals surface area (Å²) in [6, 6.07) is 8.76. The maximum atomic E-state index is 12.6. The lowest BCUT2D eigenvalue weighted by molar-refractivity contribution is -0.130. The van der Waals surface area contributed by atoms with Gasteiger partial charge in [0.2, 0.25) is 0 Å². The van der Waals surface area contributed by atoms with Crippen molar-refractivity contribution in [3.63, 3.8) is 0 Å². The SMILES string of the molecule is CC(C)N1C(C)C(Cc2ccc3c(c2)CC[C@@H]2[C@@H]3CC[C@]3(C)C(=O)CC[C@@H]23)C1(C)C. The first-order valence-corrected chi connectivity index (χ1v) is 12.6. The van der Waals surface area contributed by atoms with Crippen LogP contribution in [0.15, 0.2) is 18.2 Å². The number of carbonyl (C=O) groups excluding carboxylic acids is 1. The number of benzene rings is 1. The van der Waals surface area contributed by atoms with Gasteiger partial charge in [-0.2, -0.15) is 0 Å². The number of ketones is 1. The number of rotatable bonds is 3. The summed E-state index contributed by atoms with van der Waals surface area (Å²) in [4.78, 5) is 15.3. The van der Waals surface area contributed by atoms with Gasteiger partial charge in [-0.05, 0) is 114 Å². The van der Waals surface area contributed by atoms with Crippen LogP contribution in [0.2, 0.25) is 0 Å². The normalized spacial score (nSPS) is 40.0. The predicted octanol–water partition coefficient (Wildman–Crippen LogP) is 6.16. The molecule has 1 aromatic rings. The van der Waals surface area contributed by atoms with E-state index in [1.165, 1.54) is 31.2 Å². The molecule has 4 aliphatic rings. The van der Waals surface area contributed by atoms with Crippen LogP contribution in [0.3, 0.4) is 0 Å². The van der Waals surface area contributed by atoms with Gasteiger partial charge in [0.1, 0.15) is 5.78 Å². The average Bonchev–Trinajstić information content (AvgIpc) is 3.00. The quantitative estimate of drug-likeness (QED) is 0.598. The number of hydrogen-bond acceptors (Lipinski definition) is 2. The summed E-state index contributed by atoms with van der Waals surface area (Å²) in [5.41, 5.74) is 5.06. The van der Waals surface area contributed by atoms with Gasteiger partial charge in [0.05, 0.1) is 0 Å². The van der Waals surface area contributed by atoms with Crippen LogP contribution in [0.1, 0.15) is 96.3 Å². The van der Waals surface area contributed by atoms with Crippen LogP contribution >= 0.6 is 0 Å². The Hall–Kier alpha value is -1.15. The van der Waals surface area contributed by atoms with Crippen LogP contribution in [0.4, 0.5) is 0 Å². The molecule has 1 heterocycles. The van der Waals surface area contributed by atoms with Crippen molar-refractivity contribution in [3.8, 4) is 0 Å². The minimum absolute atomic E-state index is 0.00710. The summed E-state index contributed by atoms with van der Waals surface area (Å²) in [6.07, 6.45) is 8.01. The molecule has 0 radical (unpaired) electrons. The third-order valence-electron chi connectivity index (χ3n) is 10.1. The molecule has 2 nitrogen and oxygen atoms in total. The van der Waals surface area contributed by atoms with E-state index in [9.17, 15) is 4.79 Å². The molecule has 1 saturated heterocycles. The highest BCUT2D eigenvalue weighted by molar-refractivity contribution is 5.87. The van der Waals surface area contributed by atoms with E-state index in [0.29, 0.717) is 29.7 Å². The Morgan fingerprint density at radius 3 is 2.57 bits per heavy atom. The molecule has 0 spiro atoms. The van der Waals surface area contributed by atoms with E-state index in [4.69, 9.17) is 0 Å². The molecule has 0 aromatic heterocycles. The zero-order valence-electron chi connectivity index (χ0n) is 20.0. The molecule has 0 N–H and O–H groups in total. The Labute approximate surface area is 183 Å². The molecule has 30 heavy (non-hydrogen) atoms. The molecule has 1 aromatic carbocycles. The smallest absolute Gasteiger partial charge is 0.139 e. The molecule has 3 aliphatic carbocycles. The fourth-order valence-electron chi connectivity index (χ4n) is 8.76. The molecule has 2 unspecified atom stereocenters. The third kappa shape index (κ3) is 2.81. The van der Waals surface area contributed by atoms with Crippen molar-refractivity contribution in [2.45, 2.75) is 110 Å². The maximum Gasteiger partial charge on any atom is 0.139 e. The summed E-state index contributed by atoms with van der Waals surface area (Å²) < 4.78 is 0. The van der Waals surface area contributed by atoms with Crippen molar-refractivity contribution in [2.75, 3.05) is 0 Å². The van der Waals surface area contributed by atoms with Gasteiger partial charge < -0.3 is 0 Å². The minimum Gasteiger partial charge on any atom is -0.299 e. The van der Waals surface area contributed by atoms with E-state index in [1.54, 1.807) is 11.1 Å².